The Labute approximate surface area is 275 Å². The van der Waals surface area contributed by atoms with Crippen LogP contribution in [0.15, 0.2) is 97.9 Å². The van der Waals surface area contributed by atoms with Gasteiger partial charge in [-0.1, -0.05) is 6.07 Å². The van der Waals surface area contributed by atoms with Crippen LogP contribution in [0.1, 0.15) is 43.0 Å². The number of anilines is 3. The fourth-order valence-electron chi connectivity index (χ4n) is 4.87. The Morgan fingerprint density at radius 1 is 0.812 bits per heavy atom. The van der Waals surface area contributed by atoms with Crippen molar-refractivity contribution in [2.75, 3.05) is 16.5 Å². The number of nitrogens with one attached hydrogen (secondary N) is 2. The Bertz CT molecular complexity index is 2320. The van der Waals surface area contributed by atoms with Gasteiger partial charge in [-0.3, -0.25) is 24.1 Å². The topological polar surface area (TPSA) is 230 Å². The van der Waals surface area contributed by atoms with Crippen molar-refractivity contribution < 1.29 is 35.5 Å². The number of hydrazone groups is 1. The number of fused-ring (bicyclic) bond motifs is 1. The van der Waals surface area contributed by atoms with Crippen LogP contribution in [0.3, 0.4) is 0 Å². The van der Waals surface area contributed by atoms with Crippen molar-refractivity contribution in [3.8, 4) is 0 Å². The van der Waals surface area contributed by atoms with E-state index < -0.39 is 41.5 Å². The lowest BCUT2D eigenvalue weighted by Crippen LogP contribution is -2.27. The zero-order valence-electron chi connectivity index (χ0n) is 25.6. The number of Topliss-reactive ketones (excluding diaryl/α,β-unsaturated/α-hetero) is 1. The van der Waals surface area contributed by atoms with Crippen LogP contribution < -0.4 is 16.5 Å². The van der Waals surface area contributed by atoms with E-state index in [0.29, 0.717) is 39.3 Å². The predicted octanol–water partition coefficient (Wildman–Crippen LogP) is 6.00. The minimum Gasteiger partial charge on any atom is -0.399 e. The third kappa shape index (κ3) is 7.37. The second kappa shape index (κ2) is 12.9. The molecule has 1 aliphatic carbocycles. The monoisotopic (exact) mass is 688 g/mol. The molecule has 5 rings (SSSR count). The first-order chi connectivity index (χ1) is 22.5. The number of carbonyl (C=O) groups excluding carboxylic acids is 2. The smallest absolute Gasteiger partial charge is 0.296 e. The van der Waals surface area contributed by atoms with Gasteiger partial charge in [0.2, 0.25) is 5.78 Å². The van der Waals surface area contributed by atoms with Gasteiger partial charge in [0.05, 0.1) is 17.1 Å². The molecule has 0 bridgehead atoms. The number of aryl methyl sites for hydroxylation is 3. The average molecular weight is 689 g/mol. The summed E-state index contributed by atoms with van der Waals surface area (Å²) in [7, 11) is -9.73. The second-order valence-corrected chi connectivity index (χ2v) is 13.6. The second-order valence-electron chi connectivity index (χ2n) is 10.9. The molecule has 0 saturated carbocycles. The van der Waals surface area contributed by atoms with Crippen LogP contribution in [0, 0.1) is 20.8 Å². The van der Waals surface area contributed by atoms with Crippen LogP contribution >= 0.6 is 0 Å². The molecule has 0 spiro atoms. The summed E-state index contributed by atoms with van der Waals surface area (Å²) in [4.78, 5) is 24.6. The number of amides is 1. The third-order valence-corrected chi connectivity index (χ3v) is 8.94. The van der Waals surface area contributed by atoms with Crippen molar-refractivity contribution >= 4 is 72.2 Å². The summed E-state index contributed by atoms with van der Waals surface area (Å²) in [5.41, 5.74) is 11.0. The minimum atomic E-state index is -5.00. The van der Waals surface area contributed by atoms with Crippen molar-refractivity contribution in [3.63, 3.8) is 0 Å². The van der Waals surface area contributed by atoms with Crippen LogP contribution in [-0.2, 0) is 20.2 Å². The van der Waals surface area contributed by atoms with E-state index in [0.717, 1.165) is 6.08 Å². The van der Waals surface area contributed by atoms with E-state index in [-0.39, 0.29) is 28.4 Å². The van der Waals surface area contributed by atoms with Gasteiger partial charge in [0.25, 0.3) is 26.1 Å². The number of hydrogen-bond acceptors (Lipinski definition) is 11. The van der Waals surface area contributed by atoms with E-state index in [9.17, 15) is 35.5 Å². The van der Waals surface area contributed by atoms with Gasteiger partial charge in [0.1, 0.15) is 9.80 Å². The van der Waals surface area contributed by atoms with Crippen molar-refractivity contribution in [1.29, 1.82) is 0 Å². The number of nitrogens with two attached hydrogens (primary N) is 1. The van der Waals surface area contributed by atoms with Gasteiger partial charge in [-0.05, 0) is 116 Å². The van der Waals surface area contributed by atoms with Crippen LogP contribution in [0.25, 0.3) is 6.08 Å². The molecule has 0 radical (unpaired) electrons. The van der Waals surface area contributed by atoms with Crippen LogP contribution in [0.5, 0.6) is 0 Å². The molecule has 14 nitrogen and oxygen atoms in total. The van der Waals surface area contributed by atoms with Crippen molar-refractivity contribution in [1.82, 2.24) is 0 Å². The number of allylic oxidation sites excluding steroid dienone is 1. The van der Waals surface area contributed by atoms with E-state index in [2.05, 4.69) is 26.1 Å². The number of azo groups is 1. The summed E-state index contributed by atoms with van der Waals surface area (Å²) >= 11 is 0. The average Bonchev–Trinajstić information content (AvgIpc) is 3.00. The molecule has 48 heavy (non-hydrogen) atoms. The standard InChI is InChI=1S/C32H28N6O8S2/c1-17-12-19(3)29(27(13-17)47(41,42)43)37-38-30-28(48(44,45)46)16-21-15-24(8-10-25(21)31(30)39)35-36-26-11-9-23(14-18(26)2)34-32(40)20-4-6-22(33)7-5-20/h4-16,37H,33H2,1-3H3,(H,34,40)(H,41,42,43)(H,44,45,46)/b36-35?,38-30-. The molecule has 4 aromatic carbocycles. The first-order valence-electron chi connectivity index (χ1n) is 14.0. The van der Waals surface area contributed by atoms with Gasteiger partial charge >= 0.3 is 0 Å². The molecule has 1 amide bonds. The fraction of sp³-hybridized carbons (Fsp3) is 0.0938. The quantitative estimate of drug-likeness (QED) is 0.0627. The van der Waals surface area contributed by atoms with E-state index >= 15 is 0 Å². The molecule has 246 valence electrons. The van der Waals surface area contributed by atoms with Gasteiger partial charge in [-0.2, -0.15) is 32.2 Å². The van der Waals surface area contributed by atoms with Gasteiger partial charge < -0.3 is 11.1 Å². The van der Waals surface area contributed by atoms with E-state index in [4.69, 9.17) is 5.73 Å². The highest BCUT2D eigenvalue weighted by molar-refractivity contribution is 7.91. The lowest BCUT2D eigenvalue weighted by molar-refractivity contribution is 0.102. The maximum Gasteiger partial charge on any atom is 0.296 e. The van der Waals surface area contributed by atoms with E-state index in [1.54, 1.807) is 62.4 Å². The van der Waals surface area contributed by atoms with Crippen LogP contribution in [0.4, 0.5) is 28.4 Å². The maximum atomic E-state index is 13.4. The molecule has 4 aromatic rings. The van der Waals surface area contributed by atoms with Crippen molar-refractivity contribution in [2.24, 2.45) is 15.3 Å². The minimum absolute atomic E-state index is 0.0231. The van der Waals surface area contributed by atoms with Gasteiger partial charge in [0.15, 0.2) is 5.71 Å². The lowest BCUT2D eigenvalue weighted by atomic mass is 9.94. The molecule has 0 saturated heterocycles. The highest BCUT2D eigenvalue weighted by Gasteiger charge is 2.33. The molecule has 0 aliphatic heterocycles. The van der Waals surface area contributed by atoms with Gasteiger partial charge in [-0.25, -0.2) is 0 Å². The molecular weight excluding hydrogens is 661 g/mol. The van der Waals surface area contributed by atoms with Gasteiger partial charge in [-0.15, -0.1) is 0 Å². The van der Waals surface area contributed by atoms with Crippen molar-refractivity contribution in [2.45, 2.75) is 25.7 Å². The molecule has 0 unspecified atom stereocenters. The summed E-state index contributed by atoms with van der Waals surface area (Å²) in [5.74, 6) is -1.21. The lowest BCUT2D eigenvalue weighted by Gasteiger charge is -2.17. The Morgan fingerprint density at radius 3 is 2.17 bits per heavy atom. The number of rotatable bonds is 8. The molecule has 16 heteroatoms. The molecule has 0 aromatic heterocycles. The Balaban J connectivity index is 1.41. The fourth-order valence-corrected chi connectivity index (χ4v) is 6.33. The summed E-state index contributed by atoms with van der Waals surface area (Å²) in [6.07, 6.45) is 1.03. The molecule has 1 aliphatic rings. The van der Waals surface area contributed by atoms with Crippen LogP contribution in [-0.4, -0.2) is 43.3 Å². The van der Waals surface area contributed by atoms with E-state index in [1.807, 2.05) is 0 Å². The molecule has 0 fully saturated rings. The first-order valence-corrected chi connectivity index (χ1v) is 16.9. The Kier molecular flexibility index (Phi) is 9.10. The number of carbonyl (C=O) groups is 2. The maximum absolute atomic E-state index is 13.4. The zero-order chi connectivity index (χ0) is 35.0. The number of benzene rings is 4. The summed E-state index contributed by atoms with van der Waals surface area (Å²) in [5, 5.41) is 15.1. The number of nitrogen functional groups attached to an aromatic ring is 1. The summed E-state index contributed by atoms with van der Waals surface area (Å²) in [6.45, 7) is 4.90. The summed E-state index contributed by atoms with van der Waals surface area (Å²) in [6, 6.07) is 18.5. The predicted molar refractivity (Wildman–Crippen MR) is 181 cm³/mol. The highest BCUT2D eigenvalue weighted by atomic mass is 32.2. The zero-order valence-corrected chi connectivity index (χ0v) is 27.2. The molecule has 0 heterocycles. The summed E-state index contributed by atoms with van der Waals surface area (Å²) < 4.78 is 68.3. The highest BCUT2D eigenvalue weighted by Crippen LogP contribution is 2.32. The normalized spacial score (nSPS) is 14.1. The largest absolute Gasteiger partial charge is 0.399 e. The van der Waals surface area contributed by atoms with E-state index in [1.165, 1.54) is 31.2 Å². The number of hydrogen-bond donors (Lipinski definition) is 5. The number of ketones is 1. The molecule has 6 N–H and O–H groups in total. The Morgan fingerprint density at radius 2 is 1.52 bits per heavy atom. The third-order valence-electron chi connectivity index (χ3n) is 7.19. The number of nitrogens with zero attached hydrogens (tertiary/aromatic N) is 3. The SMILES string of the molecule is Cc1cc(C)c(N/N=C2\C(=O)c3ccc(N=Nc4ccc(NC(=O)c5ccc(N)cc5)cc4C)cc3C=C2S(=O)(=O)O)c(S(=O)(=O)O)c1. The molecular formula is C32H28N6O8S2. The van der Waals surface area contributed by atoms with Crippen LogP contribution in [0.2, 0.25) is 0 Å². The van der Waals surface area contributed by atoms with Crippen molar-refractivity contribution in [3.05, 3.63) is 111 Å². The molecule has 0 atom stereocenters. The van der Waals surface area contributed by atoms with Gasteiger partial charge in [0, 0.05) is 22.5 Å². The first kappa shape index (κ1) is 33.8. The Hall–Kier alpha value is -5.55.